The van der Waals surface area contributed by atoms with Gasteiger partial charge in [-0.05, 0) is 62.7 Å². The van der Waals surface area contributed by atoms with Crippen LogP contribution in [0.1, 0.15) is 29.6 Å². The molecule has 0 aromatic heterocycles. The van der Waals surface area contributed by atoms with Crippen molar-refractivity contribution in [2.75, 3.05) is 27.8 Å². The molecule has 0 saturated carbocycles. The van der Waals surface area contributed by atoms with E-state index in [0.717, 1.165) is 36.6 Å². The Hall–Kier alpha value is -2.50. The number of rotatable bonds is 4. The van der Waals surface area contributed by atoms with E-state index in [0.29, 0.717) is 22.5 Å². The number of carbonyl (C=O) groups excluding carboxylic acids is 1. The number of nitrogens with zero attached hydrogens (tertiary/aromatic N) is 1. The van der Waals surface area contributed by atoms with E-state index in [9.17, 15) is 4.79 Å². The van der Waals surface area contributed by atoms with E-state index in [2.05, 4.69) is 18.0 Å². The summed E-state index contributed by atoms with van der Waals surface area (Å²) in [5.74, 6) is 2.67. The molecule has 1 aliphatic carbocycles. The van der Waals surface area contributed by atoms with E-state index in [4.69, 9.17) is 25.8 Å². The van der Waals surface area contributed by atoms with Gasteiger partial charge in [0.15, 0.2) is 11.5 Å². The number of carbonyl (C=O) groups is 1. The average molecular weight is 430 g/mol. The van der Waals surface area contributed by atoms with Crippen LogP contribution in [0.5, 0.6) is 11.5 Å². The first-order chi connectivity index (χ1) is 14.5. The minimum atomic E-state index is -0.360. The van der Waals surface area contributed by atoms with Gasteiger partial charge in [0.25, 0.3) is 0 Å². The number of hydrogen-bond acceptors (Lipinski definition) is 5. The minimum absolute atomic E-state index is 0.360. The van der Waals surface area contributed by atoms with Crippen LogP contribution in [0.2, 0.25) is 5.02 Å². The molecule has 6 heteroatoms. The molecule has 0 radical (unpaired) electrons. The first-order valence-electron chi connectivity index (χ1n) is 10.1. The quantitative estimate of drug-likeness (QED) is 0.625. The third-order valence-corrected chi connectivity index (χ3v) is 5.90. The van der Waals surface area contributed by atoms with E-state index >= 15 is 0 Å². The van der Waals surface area contributed by atoms with Gasteiger partial charge in [-0.2, -0.15) is 0 Å². The third kappa shape index (κ3) is 5.35. The molecule has 1 aliphatic heterocycles. The van der Waals surface area contributed by atoms with Crippen molar-refractivity contribution in [1.29, 1.82) is 0 Å². The van der Waals surface area contributed by atoms with Crippen molar-refractivity contribution in [2.24, 2.45) is 5.92 Å². The van der Waals surface area contributed by atoms with Crippen LogP contribution in [0.15, 0.2) is 60.4 Å². The van der Waals surface area contributed by atoms with Crippen molar-refractivity contribution in [2.45, 2.75) is 25.3 Å². The van der Waals surface area contributed by atoms with Crippen molar-refractivity contribution in [1.82, 2.24) is 4.90 Å². The summed E-state index contributed by atoms with van der Waals surface area (Å²) in [6.07, 6.45) is 5.28. The summed E-state index contributed by atoms with van der Waals surface area (Å²) in [6.45, 7) is 1.12. The summed E-state index contributed by atoms with van der Waals surface area (Å²) in [4.78, 5) is 14.5. The van der Waals surface area contributed by atoms with Gasteiger partial charge in [-0.15, -0.1) is 0 Å². The fraction of sp³-hybridized carbons (Fsp3) is 0.375. The maximum absolute atomic E-state index is 12.1. The van der Waals surface area contributed by atoms with Crippen LogP contribution >= 0.6 is 11.6 Å². The number of benzene rings is 2. The number of methoxy groups -OCH3 is 2. The molecule has 2 unspecified atom stereocenters. The second-order valence-corrected chi connectivity index (χ2v) is 7.82. The van der Waals surface area contributed by atoms with Gasteiger partial charge in [0.1, 0.15) is 5.76 Å². The molecule has 2 aliphatic rings. The number of allylic oxidation sites excluding steroid dienone is 1. The Morgan fingerprint density at radius 3 is 2.27 bits per heavy atom. The van der Waals surface area contributed by atoms with Crippen LogP contribution in [0, 0.1) is 5.92 Å². The fourth-order valence-corrected chi connectivity index (χ4v) is 4.12. The molecule has 2 atom stereocenters. The molecule has 5 nitrogen and oxygen atoms in total. The largest absolute Gasteiger partial charge is 0.493 e. The molecular formula is C24H28ClNO4. The molecule has 4 rings (SSSR count). The van der Waals surface area contributed by atoms with Crippen molar-refractivity contribution in [3.8, 4) is 11.5 Å². The van der Waals surface area contributed by atoms with Gasteiger partial charge in [0.05, 0.1) is 24.8 Å². The predicted molar refractivity (Wildman–Crippen MR) is 118 cm³/mol. The number of para-hydroxylation sites is 2. The second kappa shape index (κ2) is 10.5. The van der Waals surface area contributed by atoms with Crippen LogP contribution < -0.4 is 9.47 Å². The molecule has 0 spiro atoms. The van der Waals surface area contributed by atoms with Gasteiger partial charge in [0.2, 0.25) is 0 Å². The SMILES string of the molecule is CN1CCC2CCC(OC(=O)c3ccccc3Cl)=CC21.COc1ccccc1OC. The van der Waals surface area contributed by atoms with E-state index in [-0.39, 0.29) is 5.97 Å². The van der Waals surface area contributed by atoms with Gasteiger partial charge < -0.3 is 14.2 Å². The molecule has 2 aromatic rings. The summed E-state index contributed by atoms with van der Waals surface area (Å²) in [5, 5.41) is 0.435. The number of esters is 1. The lowest BCUT2D eigenvalue weighted by Crippen LogP contribution is -2.30. The monoisotopic (exact) mass is 429 g/mol. The normalized spacial score (nSPS) is 20.3. The summed E-state index contributed by atoms with van der Waals surface area (Å²) in [7, 11) is 5.37. The molecule has 0 bridgehead atoms. The highest BCUT2D eigenvalue weighted by Crippen LogP contribution is 2.35. The summed E-state index contributed by atoms with van der Waals surface area (Å²) in [6, 6.07) is 14.9. The molecule has 2 aromatic carbocycles. The number of fused-ring (bicyclic) bond motifs is 1. The molecule has 1 fully saturated rings. The second-order valence-electron chi connectivity index (χ2n) is 7.42. The predicted octanol–water partition coefficient (Wildman–Crippen LogP) is 5.20. The molecule has 1 saturated heterocycles. The zero-order chi connectivity index (χ0) is 21.5. The average Bonchev–Trinajstić information content (AvgIpc) is 3.14. The lowest BCUT2D eigenvalue weighted by molar-refractivity contribution is 0.0598. The zero-order valence-electron chi connectivity index (χ0n) is 17.6. The number of likely N-dealkylation sites (tertiary alicyclic amines) is 1. The van der Waals surface area contributed by atoms with E-state index in [1.165, 1.54) is 6.42 Å². The Morgan fingerprint density at radius 2 is 1.63 bits per heavy atom. The highest BCUT2D eigenvalue weighted by atomic mass is 35.5. The third-order valence-electron chi connectivity index (χ3n) is 5.57. The lowest BCUT2D eigenvalue weighted by Gasteiger charge is -2.27. The molecule has 1 heterocycles. The van der Waals surface area contributed by atoms with E-state index in [1.807, 2.05) is 24.3 Å². The Labute approximate surface area is 183 Å². The fourth-order valence-electron chi connectivity index (χ4n) is 3.90. The van der Waals surface area contributed by atoms with Crippen LogP contribution in [-0.4, -0.2) is 44.7 Å². The van der Waals surface area contributed by atoms with Crippen molar-refractivity contribution in [3.05, 3.63) is 71.0 Å². The molecule has 0 amide bonds. The first-order valence-corrected chi connectivity index (χ1v) is 10.5. The molecular weight excluding hydrogens is 402 g/mol. The number of halogens is 1. The Kier molecular flexibility index (Phi) is 7.77. The highest BCUT2D eigenvalue weighted by molar-refractivity contribution is 6.33. The first kappa shape index (κ1) is 22.2. The van der Waals surface area contributed by atoms with Gasteiger partial charge in [-0.3, -0.25) is 4.90 Å². The van der Waals surface area contributed by atoms with Crippen molar-refractivity contribution in [3.63, 3.8) is 0 Å². The Balaban J connectivity index is 0.000000216. The van der Waals surface area contributed by atoms with Gasteiger partial charge >= 0.3 is 5.97 Å². The highest BCUT2D eigenvalue weighted by Gasteiger charge is 2.34. The van der Waals surface area contributed by atoms with Crippen LogP contribution in [-0.2, 0) is 4.74 Å². The standard InChI is InChI=1S/C16H18ClNO2.C8H10O2/c1-18-9-8-11-6-7-12(10-15(11)18)20-16(19)13-4-2-3-5-14(13)17;1-9-7-5-3-4-6-8(7)10-2/h2-5,10-11,15H,6-9H2,1H3;3-6H,1-2H3. The summed E-state index contributed by atoms with van der Waals surface area (Å²) in [5.41, 5.74) is 0.428. The zero-order valence-corrected chi connectivity index (χ0v) is 18.4. The molecule has 160 valence electrons. The topological polar surface area (TPSA) is 48.0 Å². The Bertz CT molecular complexity index is 875. The molecule has 0 N–H and O–H groups in total. The summed E-state index contributed by atoms with van der Waals surface area (Å²) < 4.78 is 15.5. The van der Waals surface area contributed by atoms with E-state index in [1.54, 1.807) is 38.5 Å². The van der Waals surface area contributed by atoms with E-state index < -0.39 is 0 Å². The Morgan fingerprint density at radius 1 is 1.00 bits per heavy atom. The number of hydrogen-bond donors (Lipinski definition) is 0. The maximum Gasteiger partial charge on any atom is 0.344 e. The number of likely N-dealkylation sites (N-methyl/N-ethyl adjacent to an activating group) is 1. The van der Waals surface area contributed by atoms with Crippen LogP contribution in [0.4, 0.5) is 0 Å². The maximum atomic E-state index is 12.1. The number of ether oxygens (including phenoxy) is 3. The van der Waals surface area contributed by atoms with Gasteiger partial charge in [-0.1, -0.05) is 35.9 Å². The van der Waals surface area contributed by atoms with Gasteiger partial charge in [0, 0.05) is 12.5 Å². The summed E-state index contributed by atoms with van der Waals surface area (Å²) >= 11 is 6.02. The molecule has 30 heavy (non-hydrogen) atoms. The smallest absolute Gasteiger partial charge is 0.344 e. The lowest BCUT2D eigenvalue weighted by atomic mass is 9.89. The minimum Gasteiger partial charge on any atom is -0.493 e. The van der Waals surface area contributed by atoms with Crippen molar-refractivity contribution < 1.29 is 19.0 Å². The van der Waals surface area contributed by atoms with Crippen LogP contribution in [0.25, 0.3) is 0 Å². The van der Waals surface area contributed by atoms with Crippen LogP contribution in [0.3, 0.4) is 0 Å². The van der Waals surface area contributed by atoms with Crippen molar-refractivity contribution >= 4 is 17.6 Å². The van der Waals surface area contributed by atoms with Gasteiger partial charge in [-0.25, -0.2) is 4.79 Å².